The van der Waals surface area contributed by atoms with Crippen LogP contribution in [-0.4, -0.2) is 15.0 Å². The molecule has 0 aliphatic heterocycles. The zero-order valence-corrected chi connectivity index (χ0v) is 24.6. The van der Waals surface area contributed by atoms with E-state index < -0.39 is 48.3 Å². The molecule has 4 heteroatoms. The SMILES string of the molecule is [2H]c1c([2H])c([2H])c(-c2cccc(-c3ccc4ccc(-c5nc(-c6c([2H])c([2H])c([2H])c([2H])c6[2H])nc(-c6cccc7oc8ccccc8c67)n5)cc4c3)c2)c([2H])c1[2H]. The highest BCUT2D eigenvalue weighted by Crippen LogP contribution is 2.37. The summed E-state index contributed by atoms with van der Waals surface area (Å²) in [4.78, 5) is 14.4. The molecule has 0 N–H and O–H groups in total. The lowest BCUT2D eigenvalue weighted by Gasteiger charge is -2.11. The summed E-state index contributed by atoms with van der Waals surface area (Å²) in [5.74, 6) is 0.342. The number of aromatic nitrogens is 3. The van der Waals surface area contributed by atoms with Crippen LogP contribution in [0.3, 0.4) is 0 Å². The summed E-state index contributed by atoms with van der Waals surface area (Å²) < 4.78 is 89.7. The largest absolute Gasteiger partial charge is 0.456 e. The van der Waals surface area contributed by atoms with Crippen LogP contribution in [0.15, 0.2) is 168 Å². The van der Waals surface area contributed by atoms with E-state index in [1.807, 2.05) is 84.9 Å². The van der Waals surface area contributed by atoms with Crippen molar-refractivity contribution < 1.29 is 18.1 Å². The van der Waals surface area contributed by atoms with Gasteiger partial charge in [0.1, 0.15) is 11.2 Å². The monoisotopic (exact) mass is 611 g/mol. The number of rotatable bonds is 5. The molecule has 0 amide bonds. The lowest BCUT2D eigenvalue weighted by atomic mass is 9.96. The normalized spacial score (nSPS) is 14.4. The van der Waals surface area contributed by atoms with Crippen LogP contribution < -0.4 is 0 Å². The van der Waals surface area contributed by atoms with Gasteiger partial charge in [0.15, 0.2) is 17.5 Å². The van der Waals surface area contributed by atoms with Crippen molar-refractivity contribution in [3.8, 4) is 56.4 Å². The third-order valence-corrected chi connectivity index (χ3v) is 8.09. The highest BCUT2D eigenvalue weighted by molar-refractivity contribution is 6.11. The summed E-state index contributed by atoms with van der Waals surface area (Å²) >= 11 is 0. The molecule has 0 saturated heterocycles. The second kappa shape index (κ2) is 11.2. The van der Waals surface area contributed by atoms with Crippen LogP contribution in [0.5, 0.6) is 0 Å². The van der Waals surface area contributed by atoms with Gasteiger partial charge < -0.3 is 4.42 Å². The Morgan fingerprint density at radius 3 is 1.83 bits per heavy atom. The van der Waals surface area contributed by atoms with Gasteiger partial charge in [-0.05, 0) is 63.4 Å². The van der Waals surface area contributed by atoms with Crippen LogP contribution in [0, 0.1) is 0 Å². The van der Waals surface area contributed by atoms with Gasteiger partial charge in [-0.25, -0.2) is 15.0 Å². The van der Waals surface area contributed by atoms with Crippen molar-refractivity contribution >= 4 is 32.7 Å². The molecule has 0 aliphatic rings. The third kappa shape index (κ3) is 4.93. The maximum Gasteiger partial charge on any atom is 0.164 e. The van der Waals surface area contributed by atoms with E-state index in [1.165, 1.54) is 0 Å². The first-order chi connectivity index (χ1) is 27.4. The predicted molar refractivity (Wildman–Crippen MR) is 192 cm³/mol. The topological polar surface area (TPSA) is 51.8 Å². The van der Waals surface area contributed by atoms with Crippen LogP contribution in [0.25, 0.3) is 89.1 Å². The highest BCUT2D eigenvalue weighted by atomic mass is 16.3. The van der Waals surface area contributed by atoms with Crippen molar-refractivity contribution in [2.75, 3.05) is 0 Å². The fraction of sp³-hybridized carbons (Fsp3) is 0. The maximum atomic E-state index is 8.74. The third-order valence-electron chi connectivity index (χ3n) is 8.09. The minimum atomic E-state index is -0.526. The van der Waals surface area contributed by atoms with E-state index in [0.29, 0.717) is 27.9 Å². The minimum Gasteiger partial charge on any atom is -0.456 e. The molecule has 0 aliphatic carbocycles. The van der Waals surface area contributed by atoms with Gasteiger partial charge in [-0.3, -0.25) is 0 Å². The van der Waals surface area contributed by atoms with Gasteiger partial charge in [-0.2, -0.15) is 0 Å². The molecule has 0 saturated carbocycles. The van der Waals surface area contributed by atoms with Crippen molar-refractivity contribution in [1.29, 1.82) is 0 Å². The maximum absolute atomic E-state index is 8.74. The van der Waals surface area contributed by atoms with Crippen LogP contribution in [0.1, 0.15) is 13.7 Å². The smallest absolute Gasteiger partial charge is 0.164 e. The number of benzene rings is 7. The Labute approximate surface area is 285 Å². The average molecular weight is 612 g/mol. The number of para-hydroxylation sites is 1. The summed E-state index contributed by atoms with van der Waals surface area (Å²) in [6.07, 6.45) is 0. The molecule has 9 rings (SSSR count). The van der Waals surface area contributed by atoms with Gasteiger partial charge in [0.2, 0.25) is 0 Å². The first kappa shape index (κ1) is 18.5. The molecule has 4 nitrogen and oxygen atoms in total. The van der Waals surface area contributed by atoms with E-state index in [1.54, 1.807) is 18.2 Å². The number of nitrogens with zero attached hydrogens (tertiary/aromatic N) is 3. The molecule has 220 valence electrons. The Morgan fingerprint density at radius 1 is 0.426 bits per heavy atom. The van der Waals surface area contributed by atoms with Gasteiger partial charge in [0, 0.05) is 27.5 Å². The van der Waals surface area contributed by atoms with Crippen molar-refractivity contribution in [3.63, 3.8) is 0 Å². The van der Waals surface area contributed by atoms with Crippen LogP contribution >= 0.6 is 0 Å². The summed E-state index contributed by atoms with van der Waals surface area (Å²) in [6, 6.07) is 27.6. The summed E-state index contributed by atoms with van der Waals surface area (Å²) in [5, 5.41) is 3.31. The van der Waals surface area contributed by atoms with E-state index in [9.17, 15) is 0 Å². The summed E-state index contributed by atoms with van der Waals surface area (Å²) in [6.45, 7) is 0. The second-order valence-electron chi connectivity index (χ2n) is 10.9. The van der Waals surface area contributed by atoms with Crippen molar-refractivity contribution in [1.82, 2.24) is 15.0 Å². The molecular formula is C43H27N3O. The number of hydrogen-bond acceptors (Lipinski definition) is 4. The molecule has 2 heterocycles. The quantitative estimate of drug-likeness (QED) is 0.194. The number of hydrogen-bond donors (Lipinski definition) is 0. The van der Waals surface area contributed by atoms with E-state index >= 15 is 0 Å². The van der Waals surface area contributed by atoms with Gasteiger partial charge in [0.05, 0.1) is 13.7 Å². The highest BCUT2D eigenvalue weighted by Gasteiger charge is 2.18. The molecule has 0 radical (unpaired) electrons. The first-order valence-electron chi connectivity index (χ1n) is 19.9. The summed E-state index contributed by atoms with van der Waals surface area (Å²) in [7, 11) is 0. The molecule has 0 unspecified atom stereocenters. The van der Waals surface area contributed by atoms with Crippen LogP contribution in [0.2, 0.25) is 0 Å². The fourth-order valence-electron chi connectivity index (χ4n) is 5.87. The Hall–Kier alpha value is -6.39. The van der Waals surface area contributed by atoms with Crippen molar-refractivity contribution in [2.24, 2.45) is 0 Å². The number of furan rings is 1. The second-order valence-corrected chi connectivity index (χ2v) is 10.9. The van der Waals surface area contributed by atoms with Gasteiger partial charge in [0.25, 0.3) is 0 Å². The van der Waals surface area contributed by atoms with E-state index in [4.69, 9.17) is 33.1 Å². The average Bonchev–Trinajstić information content (AvgIpc) is 3.62. The zero-order chi connectivity index (χ0) is 39.9. The molecule has 0 atom stereocenters. The predicted octanol–water partition coefficient (Wildman–Crippen LogP) is 11.3. The zero-order valence-electron chi connectivity index (χ0n) is 34.6. The van der Waals surface area contributed by atoms with E-state index in [-0.39, 0.29) is 40.7 Å². The van der Waals surface area contributed by atoms with Crippen LogP contribution in [-0.2, 0) is 0 Å². The number of fused-ring (bicyclic) bond motifs is 4. The molecule has 7 aromatic carbocycles. The minimum absolute atomic E-state index is 0.0879. The lowest BCUT2D eigenvalue weighted by molar-refractivity contribution is 0.669. The lowest BCUT2D eigenvalue weighted by Crippen LogP contribution is -2.00. The Morgan fingerprint density at radius 2 is 1.02 bits per heavy atom. The van der Waals surface area contributed by atoms with Gasteiger partial charge in [-0.1, -0.05) is 133 Å². The molecular weight excluding hydrogens is 574 g/mol. The first-order valence-corrected chi connectivity index (χ1v) is 14.9. The standard InChI is InChI=1S/C43H27N3O/c1-3-11-28(12-4-1)31-15-9-16-32(25-31)33-23-21-29-22-24-34(27-35(29)26-33)42-44-41(30-13-5-2-6-14-30)45-43(46-42)37-18-10-20-39-40(37)36-17-7-8-19-38(36)47-39/h1-27H/i1D,2D,3D,4D,5D,6D,11D,12D,13D,14D. The van der Waals surface area contributed by atoms with Crippen molar-refractivity contribution in [2.45, 2.75) is 0 Å². The van der Waals surface area contributed by atoms with E-state index in [2.05, 4.69) is 0 Å². The van der Waals surface area contributed by atoms with Crippen molar-refractivity contribution in [3.05, 3.63) is 164 Å². The molecule has 0 bridgehead atoms. The molecule has 0 fully saturated rings. The Bertz CT molecular complexity index is 3110. The van der Waals surface area contributed by atoms with Crippen LogP contribution in [0.4, 0.5) is 0 Å². The molecule has 47 heavy (non-hydrogen) atoms. The van der Waals surface area contributed by atoms with Gasteiger partial charge in [-0.15, -0.1) is 0 Å². The Kier molecular flexibility index (Phi) is 4.42. The summed E-state index contributed by atoms with van der Waals surface area (Å²) in [5.41, 5.74) is 4.48. The van der Waals surface area contributed by atoms with E-state index in [0.717, 1.165) is 32.7 Å². The van der Waals surface area contributed by atoms with Gasteiger partial charge >= 0.3 is 0 Å². The molecule has 2 aromatic heterocycles. The molecule has 0 spiro atoms. The fourth-order valence-corrected chi connectivity index (χ4v) is 5.87. The molecule has 9 aromatic rings. The Balaban J connectivity index is 1.22.